The third-order valence-corrected chi connectivity index (χ3v) is 5.24. The van der Waals surface area contributed by atoms with Crippen molar-refractivity contribution in [3.05, 3.63) is 47.5 Å². The van der Waals surface area contributed by atoms with Crippen LogP contribution in [0.3, 0.4) is 0 Å². The Balaban J connectivity index is 1.70. The van der Waals surface area contributed by atoms with Crippen LogP contribution in [-0.2, 0) is 17.8 Å². The van der Waals surface area contributed by atoms with Crippen LogP contribution in [0.5, 0.6) is 17.2 Å². The molecule has 2 aromatic rings. The summed E-state index contributed by atoms with van der Waals surface area (Å²) in [6.07, 6.45) is 2.10. The number of methoxy groups -OCH3 is 3. The number of nitrogens with zero attached hydrogens (tertiary/aromatic N) is 1. The van der Waals surface area contributed by atoms with E-state index >= 15 is 0 Å². The summed E-state index contributed by atoms with van der Waals surface area (Å²) in [5, 5.41) is 3.00. The van der Waals surface area contributed by atoms with Gasteiger partial charge in [0.25, 0.3) is 0 Å². The maximum atomic E-state index is 12.7. The standard InChI is InChI=1S/C22H28N2O4/c1-15-9-10-16-7-5-6-8-18(16)24(15)14-22(25)23-13-17-11-20(27-3)21(28-4)12-19(17)26-2/h5-8,11-12,15H,9-10,13-14H2,1-4H3,(H,23,25). The maximum Gasteiger partial charge on any atom is 0.239 e. The smallest absolute Gasteiger partial charge is 0.239 e. The van der Waals surface area contributed by atoms with Crippen LogP contribution in [-0.4, -0.2) is 39.8 Å². The Kier molecular flexibility index (Phi) is 6.29. The third-order valence-electron chi connectivity index (χ3n) is 5.24. The molecule has 0 aromatic heterocycles. The summed E-state index contributed by atoms with van der Waals surface area (Å²) in [5.74, 6) is 1.81. The van der Waals surface area contributed by atoms with Gasteiger partial charge in [0.15, 0.2) is 11.5 Å². The van der Waals surface area contributed by atoms with Crippen LogP contribution in [0.1, 0.15) is 24.5 Å². The van der Waals surface area contributed by atoms with Crippen molar-refractivity contribution in [2.24, 2.45) is 0 Å². The molecule has 0 radical (unpaired) electrons. The van der Waals surface area contributed by atoms with Crippen molar-refractivity contribution in [2.45, 2.75) is 32.4 Å². The monoisotopic (exact) mass is 384 g/mol. The summed E-state index contributed by atoms with van der Waals surface area (Å²) in [7, 11) is 4.76. The molecular weight excluding hydrogens is 356 g/mol. The summed E-state index contributed by atoms with van der Waals surface area (Å²) in [6, 6.07) is 12.2. The molecule has 1 aliphatic heterocycles. The predicted molar refractivity (Wildman–Crippen MR) is 110 cm³/mol. The molecule has 3 rings (SSSR count). The Morgan fingerprint density at radius 2 is 1.75 bits per heavy atom. The van der Waals surface area contributed by atoms with Gasteiger partial charge in [0.2, 0.25) is 5.91 Å². The second kappa shape index (κ2) is 8.87. The highest BCUT2D eigenvalue weighted by Gasteiger charge is 2.24. The average Bonchev–Trinajstić information content (AvgIpc) is 2.73. The number of anilines is 1. The molecule has 1 N–H and O–H groups in total. The lowest BCUT2D eigenvalue weighted by Crippen LogP contribution is -2.44. The fraction of sp³-hybridized carbons (Fsp3) is 0.409. The van der Waals surface area contributed by atoms with E-state index in [4.69, 9.17) is 14.2 Å². The molecule has 0 spiro atoms. The van der Waals surface area contributed by atoms with Crippen LogP contribution >= 0.6 is 0 Å². The zero-order valence-corrected chi connectivity index (χ0v) is 17.0. The quantitative estimate of drug-likeness (QED) is 0.795. The predicted octanol–water partition coefficient (Wildman–Crippen LogP) is 3.17. The van der Waals surface area contributed by atoms with E-state index in [9.17, 15) is 4.79 Å². The minimum atomic E-state index is -0.0274. The molecule has 6 heteroatoms. The van der Waals surface area contributed by atoms with Crippen molar-refractivity contribution in [3.8, 4) is 17.2 Å². The van der Waals surface area contributed by atoms with Crippen LogP contribution in [0, 0.1) is 0 Å². The molecule has 0 aliphatic carbocycles. The number of rotatable bonds is 7. The summed E-state index contributed by atoms with van der Waals surface area (Å²) >= 11 is 0. The lowest BCUT2D eigenvalue weighted by Gasteiger charge is -2.36. The number of carbonyl (C=O) groups is 1. The highest BCUT2D eigenvalue weighted by atomic mass is 16.5. The molecule has 2 aromatic carbocycles. The summed E-state index contributed by atoms with van der Waals surface area (Å²) < 4.78 is 16.1. The molecule has 1 amide bonds. The van der Waals surface area contributed by atoms with Gasteiger partial charge in [0.1, 0.15) is 5.75 Å². The number of carbonyl (C=O) groups excluding carboxylic acids is 1. The Hall–Kier alpha value is -2.89. The van der Waals surface area contributed by atoms with Crippen molar-refractivity contribution in [1.82, 2.24) is 5.32 Å². The van der Waals surface area contributed by atoms with Gasteiger partial charge >= 0.3 is 0 Å². The first-order valence-corrected chi connectivity index (χ1v) is 9.47. The number of benzene rings is 2. The van der Waals surface area contributed by atoms with E-state index in [2.05, 4.69) is 35.3 Å². The van der Waals surface area contributed by atoms with Gasteiger partial charge in [-0.2, -0.15) is 0 Å². The van der Waals surface area contributed by atoms with Crippen LogP contribution in [0.25, 0.3) is 0 Å². The summed E-state index contributed by atoms with van der Waals surface area (Å²) in [4.78, 5) is 14.8. The van der Waals surface area contributed by atoms with E-state index < -0.39 is 0 Å². The molecule has 1 atom stereocenters. The molecule has 150 valence electrons. The van der Waals surface area contributed by atoms with Crippen molar-refractivity contribution in [3.63, 3.8) is 0 Å². The highest BCUT2D eigenvalue weighted by molar-refractivity contribution is 5.82. The largest absolute Gasteiger partial charge is 0.496 e. The van der Waals surface area contributed by atoms with E-state index in [1.807, 2.05) is 12.1 Å². The zero-order chi connectivity index (χ0) is 20.1. The lowest BCUT2D eigenvalue weighted by atomic mass is 9.96. The SMILES string of the molecule is COc1cc(OC)c(OC)cc1CNC(=O)CN1c2ccccc2CCC1C. The molecule has 28 heavy (non-hydrogen) atoms. The molecule has 0 bridgehead atoms. The van der Waals surface area contributed by atoms with Crippen LogP contribution < -0.4 is 24.4 Å². The fourth-order valence-electron chi connectivity index (χ4n) is 3.64. The number of amides is 1. The van der Waals surface area contributed by atoms with Crippen LogP contribution in [0.15, 0.2) is 36.4 Å². The summed E-state index contributed by atoms with van der Waals surface area (Å²) in [6.45, 7) is 2.85. The minimum Gasteiger partial charge on any atom is -0.496 e. The Morgan fingerprint density at radius 3 is 2.46 bits per heavy atom. The lowest BCUT2D eigenvalue weighted by molar-refractivity contribution is -0.120. The number of nitrogens with one attached hydrogen (secondary N) is 1. The topological polar surface area (TPSA) is 60.0 Å². The molecule has 1 unspecified atom stereocenters. The van der Waals surface area contributed by atoms with Crippen molar-refractivity contribution in [2.75, 3.05) is 32.8 Å². The van der Waals surface area contributed by atoms with Gasteiger partial charge < -0.3 is 24.4 Å². The van der Waals surface area contributed by atoms with Gasteiger partial charge in [0, 0.05) is 29.9 Å². The number of para-hydroxylation sites is 1. The van der Waals surface area contributed by atoms with Gasteiger partial charge in [-0.15, -0.1) is 0 Å². The molecule has 0 saturated carbocycles. The minimum absolute atomic E-state index is 0.0274. The van der Waals surface area contributed by atoms with Gasteiger partial charge in [-0.25, -0.2) is 0 Å². The Bertz CT molecular complexity index is 837. The second-order valence-corrected chi connectivity index (χ2v) is 6.94. The van der Waals surface area contributed by atoms with E-state index in [-0.39, 0.29) is 5.91 Å². The van der Waals surface area contributed by atoms with Crippen molar-refractivity contribution < 1.29 is 19.0 Å². The van der Waals surface area contributed by atoms with Gasteiger partial charge in [-0.3, -0.25) is 4.79 Å². The molecule has 1 heterocycles. The van der Waals surface area contributed by atoms with Gasteiger partial charge in [-0.1, -0.05) is 18.2 Å². The van der Waals surface area contributed by atoms with Crippen molar-refractivity contribution in [1.29, 1.82) is 0 Å². The highest BCUT2D eigenvalue weighted by Crippen LogP contribution is 2.34. The second-order valence-electron chi connectivity index (χ2n) is 6.94. The molecule has 0 fully saturated rings. The number of ether oxygens (including phenoxy) is 3. The number of aryl methyl sites for hydroxylation is 1. The van der Waals surface area contributed by atoms with Gasteiger partial charge in [-0.05, 0) is 37.5 Å². The van der Waals surface area contributed by atoms with Crippen LogP contribution in [0.4, 0.5) is 5.69 Å². The van der Waals surface area contributed by atoms with Crippen LogP contribution in [0.2, 0.25) is 0 Å². The van der Waals surface area contributed by atoms with Crippen molar-refractivity contribution >= 4 is 11.6 Å². The zero-order valence-electron chi connectivity index (χ0n) is 17.0. The first-order valence-electron chi connectivity index (χ1n) is 9.47. The van der Waals surface area contributed by atoms with E-state index in [1.165, 1.54) is 5.56 Å². The molecule has 0 saturated heterocycles. The maximum absolute atomic E-state index is 12.7. The first-order chi connectivity index (χ1) is 13.6. The summed E-state index contributed by atoms with van der Waals surface area (Å²) in [5.41, 5.74) is 3.29. The normalized spacial score (nSPS) is 15.6. The Labute approximate surface area is 166 Å². The number of hydrogen-bond acceptors (Lipinski definition) is 5. The molecular formula is C22H28N2O4. The van der Waals surface area contributed by atoms with E-state index in [1.54, 1.807) is 27.4 Å². The molecule has 6 nitrogen and oxygen atoms in total. The number of hydrogen-bond donors (Lipinski definition) is 1. The number of fused-ring (bicyclic) bond motifs is 1. The average molecular weight is 384 g/mol. The fourth-order valence-corrected chi connectivity index (χ4v) is 3.64. The van der Waals surface area contributed by atoms with Gasteiger partial charge in [0.05, 0.1) is 27.9 Å². The van der Waals surface area contributed by atoms with E-state index in [0.29, 0.717) is 36.4 Å². The Morgan fingerprint density at radius 1 is 1.07 bits per heavy atom. The molecule has 1 aliphatic rings. The first kappa shape index (κ1) is 19.9. The van der Waals surface area contributed by atoms with E-state index in [0.717, 1.165) is 24.1 Å². The third kappa shape index (κ3) is 4.16.